The molecule has 3 N–H and O–H groups in total. The summed E-state index contributed by atoms with van der Waals surface area (Å²) < 4.78 is 5.41. The quantitative estimate of drug-likeness (QED) is 0.486. The maximum atomic E-state index is 5.79. The first-order chi connectivity index (χ1) is 6.38. The molecule has 0 bridgehead atoms. The van der Waals surface area contributed by atoms with Gasteiger partial charge in [0.25, 0.3) is 0 Å². The Morgan fingerprint density at radius 2 is 2.14 bits per heavy atom. The first kappa shape index (κ1) is 11.3. The molecule has 2 atom stereocenters. The maximum absolute atomic E-state index is 5.79. The fourth-order valence-electron chi connectivity index (χ4n) is 1.49. The van der Waals surface area contributed by atoms with E-state index in [0.717, 1.165) is 13.0 Å². The summed E-state index contributed by atoms with van der Waals surface area (Å²) in [6.45, 7) is 9.00. The highest BCUT2D eigenvalue weighted by Gasteiger charge is 2.24. The molecule has 1 aliphatic heterocycles. The average molecular weight is 199 g/mol. The van der Waals surface area contributed by atoms with Gasteiger partial charge in [0.05, 0.1) is 12.1 Å². The fraction of sp³-hybridized carbons (Fsp3) is 0.900. The van der Waals surface area contributed by atoms with Crippen LogP contribution in [0.4, 0.5) is 0 Å². The Kier molecular flexibility index (Phi) is 3.37. The smallest absolute Gasteiger partial charge is 0.189 e. The number of guanidine groups is 1. The second kappa shape index (κ2) is 4.17. The lowest BCUT2D eigenvalue weighted by Crippen LogP contribution is -2.45. The molecule has 0 aromatic carbocycles. The van der Waals surface area contributed by atoms with E-state index in [9.17, 15) is 0 Å². The highest BCUT2D eigenvalue weighted by molar-refractivity contribution is 5.78. The van der Waals surface area contributed by atoms with Crippen molar-refractivity contribution in [3.05, 3.63) is 0 Å². The Hall–Kier alpha value is -0.770. The van der Waals surface area contributed by atoms with Gasteiger partial charge in [-0.25, -0.2) is 4.99 Å². The van der Waals surface area contributed by atoms with Gasteiger partial charge in [0.15, 0.2) is 5.96 Å². The van der Waals surface area contributed by atoms with E-state index < -0.39 is 0 Å². The normalized spacial score (nSPS) is 29.3. The third-order valence-corrected chi connectivity index (χ3v) is 2.14. The SMILES string of the molecule is CC1OCCC1N=C(N)NC(C)(C)C. The first-order valence-electron chi connectivity index (χ1n) is 5.11. The first-order valence-corrected chi connectivity index (χ1v) is 5.11. The van der Waals surface area contributed by atoms with E-state index in [2.05, 4.69) is 31.1 Å². The number of nitrogens with two attached hydrogens (primary N) is 1. The van der Waals surface area contributed by atoms with Gasteiger partial charge in [0, 0.05) is 12.1 Å². The minimum absolute atomic E-state index is 0.0315. The minimum Gasteiger partial charge on any atom is -0.376 e. The van der Waals surface area contributed by atoms with Crippen LogP contribution in [0.1, 0.15) is 34.1 Å². The third-order valence-electron chi connectivity index (χ3n) is 2.14. The summed E-state index contributed by atoms with van der Waals surface area (Å²) in [6, 6.07) is 0.213. The van der Waals surface area contributed by atoms with Crippen LogP contribution in [0.15, 0.2) is 4.99 Å². The largest absolute Gasteiger partial charge is 0.376 e. The molecular weight excluding hydrogens is 178 g/mol. The number of ether oxygens (including phenoxy) is 1. The lowest BCUT2D eigenvalue weighted by atomic mass is 10.1. The zero-order valence-corrected chi connectivity index (χ0v) is 9.50. The predicted octanol–water partition coefficient (Wildman–Crippen LogP) is 0.867. The molecule has 4 nitrogen and oxygen atoms in total. The Labute approximate surface area is 85.9 Å². The summed E-state index contributed by atoms with van der Waals surface area (Å²) in [5.41, 5.74) is 5.75. The summed E-state index contributed by atoms with van der Waals surface area (Å²) in [7, 11) is 0. The van der Waals surface area contributed by atoms with Gasteiger partial charge in [-0.2, -0.15) is 0 Å². The van der Waals surface area contributed by atoms with Gasteiger partial charge < -0.3 is 15.8 Å². The molecule has 0 spiro atoms. The zero-order chi connectivity index (χ0) is 10.8. The topological polar surface area (TPSA) is 59.6 Å². The van der Waals surface area contributed by atoms with Gasteiger partial charge in [0.2, 0.25) is 0 Å². The molecule has 82 valence electrons. The monoisotopic (exact) mass is 199 g/mol. The van der Waals surface area contributed by atoms with E-state index in [-0.39, 0.29) is 17.7 Å². The molecule has 1 saturated heterocycles. The summed E-state index contributed by atoms with van der Waals surface area (Å²) >= 11 is 0. The van der Waals surface area contributed by atoms with E-state index in [1.807, 2.05) is 6.92 Å². The van der Waals surface area contributed by atoms with E-state index >= 15 is 0 Å². The molecule has 4 heteroatoms. The summed E-state index contributed by atoms with van der Waals surface area (Å²) in [6.07, 6.45) is 1.16. The van der Waals surface area contributed by atoms with Crippen molar-refractivity contribution in [2.24, 2.45) is 10.7 Å². The van der Waals surface area contributed by atoms with Crippen molar-refractivity contribution in [2.75, 3.05) is 6.61 Å². The van der Waals surface area contributed by atoms with Crippen molar-refractivity contribution in [2.45, 2.75) is 51.8 Å². The van der Waals surface area contributed by atoms with Gasteiger partial charge in [0.1, 0.15) is 0 Å². The van der Waals surface area contributed by atoms with Crippen molar-refractivity contribution in [3.8, 4) is 0 Å². The number of aliphatic imine (C=N–C) groups is 1. The van der Waals surface area contributed by atoms with Gasteiger partial charge in [-0.05, 0) is 34.1 Å². The molecule has 1 fully saturated rings. The Morgan fingerprint density at radius 1 is 1.50 bits per heavy atom. The Balaban J connectivity index is 2.50. The molecule has 1 aliphatic rings. The standard InChI is InChI=1S/C10H21N3O/c1-7-8(5-6-14-7)12-9(11)13-10(2,3)4/h7-8H,5-6H2,1-4H3,(H3,11,12,13). The van der Waals surface area contributed by atoms with E-state index in [1.54, 1.807) is 0 Å². The van der Waals surface area contributed by atoms with Gasteiger partial charge in [-0.3, -0.25) is 0 Å². The Morgan fingerprint density at radius 3 is 2.57 bits per heavy atom. The van der Waals surface area contributed by atoms with Gasteiger partial charge >= 0.3 is 0 Å². The van der Waals surface area contributed by atoms with E-state index in [1.165, 1.54) is 0 Å². The van der Waals surface area contributed by atoms with Crippen LogP contribution in [0.2, 0.25) is 0 Å². The van der Waals surface area contributed by atoms with Crippen LogP contribution in [0.5, 0.6) is 0 Å². The maximum Gasteiger partial charge on any atom is 0.189 e. The number of hydrogen-bond donors (Lipinski definition) is 2. The van der Waals surface area contributed by atoms with Crippen molar-refractivity contribution in [1.29, 1.82) is 0 Å². The van der Waals surface area contributed by atoms with E-state index in [4.69, 9.17) is 10.5 Å². The minimum atomic E-state index is -0.0315. The molecule has 1 rings (SSSR count). The molecule has 0 saturated carbocycles. The van der Waals surface area contributed by atoms with Crippen LogP contribution in [0, 0.1) is 0 Å². The number of hydrogen-bond acceptors (Lipinski definition) is 2. The lowest BCUT2D eigenvalue weighted by molar-refractivity contribution is 0.119. The molecule has 2 unspecified atom stereocenters. The molecule has 0 aliphatic carbocycles. The van der Waals surface area contributed by atoms with Crippen molar-refractivity contribution in [3.63, 3.8) is 0 Å². The van der Waals surface area contributed by atoms with Crippen LogP contribution < -0.4 is 11.1 Å². The van der Waals surface area contributed by atoms with Gasteiger partial charge in [-0.1, -0.05) is 0 Å². The third kappa shape index (κ3) is 3.54. The number of rotatable bonds is 1. The van der Waals surface area contributed by atoms with Gasteiger partial charge in [-0.15, -0.1) is 0 Å². The predicted molar refractivity (Wildman–Crippen MR) is 58.3 cm³/mol. The van der Waals surface area contributed by atoms with Crippen LogP contribution >= 0.6 is 0 Å². The highest BCUT2D eigenvalue weighted by Crippen LogP contribution is 2.16. The molecule has 0 aromatic rings. The summed E-state index contributed by atoms with van der Waals surface area (Å²) in [5.74, 6) is 0.514. The second-order valence-electron chi connectivity index (χ2n) is 4.82. The average Bonchev–Trinajstić information content (AvgIpc) is 2.32. The van der Waals surface area contributed by atoms with Crippen molar-refractivity contribution < 1.29 is 4.74 Å². The van der Waals surface area contributed by atoms with Crippen LogP contribution in [0.25, 0.3) is 0 Å². The number of nitrogens with zero attached hydrogens (tertiary/aromatic N) is 1. The van der Waals surface area contributed by atoms with Crippen molar-refractivity contribution >= 4 is 5.96 Å². The fourth-order valence-corrected chi connectivity index (χ4v) is 1.49. The molecule has 14 heavy (non-hydrogen) atoms. The van der Waals surface area contributed by atoms with Crippen molar-refractivity contribution in [1.82, 2.24) is 5.32 Å². The van der Waals surface area contributed by atoms with E-state index in [0.29, 0.717) is 5.96 Å². The van der Waals surface area contributed by atoms with Crippen LogP contribution in [-0.2, 0) is 4.74 Å². The molecule has 1 heterocycles. The molecule has 0 amide bonds. The van der Waals surface area contributed by atoms with Crippen LogP contribution in [0.3, 0.4) is 0 Å². The van der Waals surface area contributed by atoms with Crippen LogP contribution in [-0.4, -0.2) is 30.3 Å². The molecule has 0 radical (unpaired) electrons. The summed E-state index contributed by atoms with van der Waals surface area (Å²) in [5, 5.41) is 3.14. The molecule has 0 aromatic heterocycles. The zero-order valence-electron chi connectivity index (χ0n) is 9.50. The summed E-state index contributed by atoms with van der Waals surface area (Å²) in [4.78, 5) is 4.40. The lowest BCUT2D eigenvalue weighted by Gasteiger charge is -2.22. The highest BCUT2D eigenvalue weighted by atomic mass is 16.5. The molecular formula is C10H21N3O. The second-order valence-corrected chi connectivity index (χ2v) is 4.82. The Bertz CT molecular complexity index is 220. The number of nitrogens with one attached hydrogen (secondary N) is 1.